The highest BCUT2D eigenvalue weighted by Gasteiger charge is 2.29. The molecule has 2 aliphatic rings. The van der Waals surface area contributed by atoms with Gasteiger partial charge in [0.2, 0.25) is 5.91 Å². The minimum absolute atomic E-state index is 0.300. The summed E-state index contributed by atoms with van der Waals surface area (Å²) < 4.78 is 5.33. The summed E-state index contributed by atoms with van der Waals surface area (Å²) >= 11 is 0. The molecule has 2 aliphatic heterocycles. The second-order valence-electron chi connectivity index (χ2n) is 6.35. The van der Waals surface area contributed by atoms with E-state index >= 15 is 0 Å². The fourth-order valence-corrected chi connectivity index (χ4v) is 3.66. The number of hydrogen-bond donors (Lipinski definition) is 0. The number of nitrogens with zero attached hydrogens (tertiary/aromatic N) is 2. The van der Waals surface area contributed by atoms with Gasteiger partial charge in [-0.15, -0.1) is 0 Å². The summed E-state index contributed by atoms with van der Waals surface area (Å²) in [6.07, 6.45) is 5.87. The molecule has 0 saturated carbocycles. The number of carbonyl (C=O) groups is 1. The minimum Gasteiger partial charge on any atom is -0.497 e. The highest BCUT2D eigenvalue weighted by molar-refractivity contribution is 5.78. The number of likely N-dealkylation sites (tertiary alicyclic amines) is 2. The summed E-state index contributed by atoms with van der Waals surface area (Å²) in [7, 11) is 1.70. The lowest BCUT2D eigenvalue weighted by Crippen LogP contribution is -2.42. The predicted octanol–water partition coefficient (Wildman–Crippen LogP) is 2.84. The van der Waals surface area contributed by atoms with Crippen molar-refractivity contribution in [3.63, 3.8) is 0 Å². The van der Waals surface area contributed by atoms with Crippen molar-refractivity contribution in [1.29, 1.82) is 0 Å². The number of ether oxygens (including phenoxy) is 1. The molecule has 1 amide bonds. The van der Waals surface area contributed by atoms with E-state index in [9.17, 15) is 4.79 Å². The van der Waals surface area contributed by atoms with E-state index < -0.39 is 0 Å². The zero-order valence-electron chi connectivity index (χ0n) is 13.5. The molecular weight excluding hydrogens is 276 g/mol. The Kier molecular flexibility index (Phi) is 4.98. The number of benzene rings is 1. The standard InChI is InChI=1S/C18H26N2O2/c1-22-16-8-5-7-15(13-16)17-9-6-12-20(17)14-18(21)19-10-3-2-4-11-19/h5,7-8,13,17H,2-4,6,9-12,14H2,1H3. The molecule has 22 heavy (non-hydrogen) atoms. The van der Waals surface area contributed by atoms with Crippen molar-refractivity contribution in [2.45, 2.75) is 38.1 Å². The van der Waals surface area contributed by atoms with Crippen molar-refractivity contribution in [3.05, 3.63) is 29.8 Å². The maximum absolute atomic E-state index is 12.5. The molecule has 4 heteroatoms. The molecule has 1 atom stereocenters. The molecule has 2 fully saturated rings. The fraction of sp³-hybridized carbons (Fsp3) is 0.611. The van der Waals surface area contributed by atoms with Crippen molar-refractivity contribution in [2.75, 3.05) is 33.3 Å². The van der Waals surface area contributed by atoms with Gasteiger partial charge >= 0.3 is 0 Å². The average molecular weight is 302 g/mol. The van der Waals surface area contributed by atoms with Crippen LogP contribution in [0.25, 0.3) is 0 Å². The molecular formula is C18H26N2O2. The molecule has 1 aromatic rings. The van der Waals surface area contributed by atoms with E-state index in [0.717, 1.165) is 51.1 Å². The van der Waals surface area contributed by atoms with Gasteiger partial charge in [0.1, 0.15) is 5.75 Å². The third kappa shape index (κ3) is 3.43. The molecule has 2 heterocycles. The molecule has 0 aliphatic carbocycles. The lowest BCUT2D eigenvalue weighted by molar-refractivity contribution is -0.133. The van der Waals surface area contributed by atoms with Gasteiger partial charge in [-0.3, -0.25) is 9.69 Å². The molecule has 0 spiro atoms. The van der Waals surface area contributed by atoms with Crippen LogP contribution in [0.2, 0.25) is 0 Å². The zero-order chi connectivity index (χ0) is 15.4. The SMILES string of the molecule is COc1cccc(C2CCCN2CC(=O)N2CCCCC2)c1. The van der Waals surface area contributed by atoms with Gasteiger partial charge in [0.25, 0.3) is 0 Å². The van der Waals surface area contributed by atoms with E-state index in [1.54, 1.807) is 7.11 Å². The minimum atomic E-state index is 0.300. The van der Waals surface area contributed by atoms with Gasteiger partial charge in [0.15, 0.2) is 0 Å². The molecule has 120 valence electrons. The lowest BCUT2D eigenvalue weighted by atomic mass is 10.0. The molecule has 0 aromatic heterocycles. The molecule has 0 N–H and O–H groups in total. The Morgan fingerprint density at radius 3 is 2.77 bits per heavy atom. The van der Waals surface area contributed by atoms with Crippen LogP contribution in [0, 0.1) is 0 Å². The highest BCUT2D eigenvalue weighted by Crippen LogP contribution is 2.33. The van der Waals surface area contributed by atoms with Crippen LogP contribution >= 0.6 is 0 Å². The first-order valence-corrected chi connectivity index (χ1v) is 8.44. The monoisotopic (exact) mass is 302 g/mol. The summed E-state index contributed by atoms with van der Waals surface area (Å²) in [5, 5.41) is 0. The second kappa shape index (κ2) is 7.14. The van der Waals surface area contributed by atoms with Gasteiger partial charge in [0, 0.05) is 19.1 Å². The van der Waals surface area contributed by atoms with Crippen LogP contribution in [0.15, 0.2) is 24.3 Å². The largest absolute Gasteiger partial charge is 0.497 e. The number of methoxy groups -OCH3 is 1. The number of hydrogen-bond acceptors (Lipinski definition) is 3. The lowest BCUT2D eigenvalue weighted by Gasteiger charge is -2.31. The molecule has 0 bridgehead atoms. The second-order valence-corrected chi connectivity index (χ2v) is 6.35. The Morgan fingerprint density at radius 2 is 2.00 bits per heavy atom. The van der Waals surface area contributed by atoms with Crippen LogP contribution in [0.1, 0.15) is 43.7 Å². The Labute approximate surface area is 133 Å². The van der Waals surface area contributed by atoms with Crippen LogP contribution in [0.5, 0.6) is 5.75 Å². The Morgan fingerprint density at radius 1 is 1.18 bits per heavy atom. The van der Waals surface area contributed by atoms with Gasteiger partial charge in [-0.1, -0.05) is 12.1 Å². The number of piperidine rings is 1. The van der Waals surface area contributed by atoms with Crippen LogP contribution < -0.4 is 4.74 Å². The summed E-state index contributed by atoms with van der Waals surface area (Å²) in [6, 6.07) is 8.62. The van der Waals surface area contributed by atoms with Crippen molar-refractivity contribution in [1.82, 2.24) is 9.80 Å². The van der Waals surface area contributed by atoms with E-state index in [1.807, 2.05) is 17.0 Å². The molecule has 4 nitrogen and oxygen atoms in total. The summed E-state index contributed by atoms with van der Waals surface area (Å²) in [4.78, 5) is 16.9. The number of rotatable bonds is 4. The Balaban J connectivity index is 1.66. The number of amides is 1. The normalized spacial score (nSPS) is 22.8. The average Bonchev–Trinajstić information content (AvgIpc) is 3.04. The Bertz CT molecular complexity index is 512. The van der Waals surface area contributed by atoms with Crippen molar-refractivity contribution < 1.29 is 9.53 Å². The van der Waals surface area contributed by atoms with Gasteiger partial charge in [-0.2, -0.15) is 0 Å². The van der Waals surface area contributed by atoms with Crippen molar-refractivity contribution in [3.8, 4) is 5.75 Å². The van der Waals surface area contributed by atoms with E-state index in [0.29, 0.717) is 18.5 Å². The van der Waals surface area contributed by atoms with E-state index in [4.69, 9.17) is 4.74 Å². The molecule has 2 saturated heterocycles. The van der Waals surface area contributed by atoms with Gasteiger partial charge in [0.05, 0.1) is 13.7 Å². The fourth-order valence-electron chi connectivity index (χ4n) is 3.66. The third-order valence-electron chi connectivity index (χ3n) is 4.89. The van der Waals surface area contributed by atoms with Crippen LogP contribution in [0.4, 0.5) is 0 Å². The first-order valence-electron chi connectivity index (χ1n) is 8.44. The predicted molar refractivity (Wildman–Crippen MR) is 87.0 cm³/mol. The van der Waals surface area contributed by atoms with E-state index in [2.05, 4.69) is 17.0 Å². The summed E-state index contributed by atoms with van der Waals surface area (Å²) in [5.41, 5.74) is 1.27. The third-order valence-corrected chi connectivity index (χ3v) is 4.89. The first kappa shape index (κ1) is 15.3. The van der Waals surface area contributed by atoms with Gasteiger partial charge < -0.3 is 9.64 Å². The first-order chi connectivity index (χ1) is 10.8. The van der Waals surface area contributed by atoms with Crippen molar-refractivity contribution in [2.24, 2.45) is 0 Å². The van der Waals surface area contributed by atoms with Crippen molar-refractivity contribution >= 4 is 5.91 Å². The van der Waals surface area contributed by atoms with Gasteiger partial charge in [-0.05, 0) is 56.3 Å². The quantitative estimate of drug-likeness (QED) is 0.857. The Hall–Kier alpha value is -1.55. The maximum Gasteiger partial charge on any atom is 0.236 e. The topological polar surface area (TPSA) is 32.8 Å². The molecule has 1 unspecified atom stereocenters. The smallest absolute Gasteiger partial charge is 0.236 e. The zero-order valence-corrected chi connectivity index (χ0v) is 13.5. The summed E-state index contributed by atoms with van der Waals surface area (Å²) in [5.74, 6) is 1.20. The van der Waals surface area contributed by atoms with Crippen LogP contribution in [-0.4, -0.2) is 49.0 Å². The van der Waals surface area contributed by atoms with E-state index in [-0.39, 0.29) is 0 Å². The van der Waals surface area contributed by atoms with Crippen LogP contribution in [0.3, 0.4) is 0 Å². The van der Waals surface area contributed by atoms with E-state index in [1.165, 1.54) is 12.0 Å². The molecule has 0 radical (unpaired) electrons. The highest BCUT2D eigenvalue weighted by atomic mass is 16.5. The summed E-state index contributed by atoms with van der Waals surface area (Å²) in [6.45, 7) is 3.45. The van der Waals surface area contributed by atoms with Crippen LogP contribution in [-0.2, 0) is 4.79 Å². The maximum atomic E-state index is 12.5. The van der Waals surface area contributed by atoms with Gasteiger partial charge in [-0.25, -0.2) is 0 Å². The molecule has 1 aromatic carbocycles. The molecule has 3 rings (SSSR count). The number of carbonyl (C=O) groups excluding carboxylic acids is 1.